The molecule has 3 heterocycles. The second kappa shape index (κ2) is 11.1. The molecule has 0 aliphatic carbocycles. The van der Waals surface area contributed by atoms with Gasteiger partial charge < -0.3 is 49.3 Å². The van der Waals surface area contributed by atoms with Crippen LogP contribution in [0.25, 0.3) is 11.0 Å². The number of carbonyl (C=O) groups is 2. The van der Waals surface area contributed by atoms with Gasteiger partial charge in [0.2, 0.25) is 6.29 Å². The molecule has 220 valence electrons. The van der Waals surface area contributed by atoms with E-state index in [1.165, 1.54) is 6.92 Å². The zero-order chi connectivity index (χ0) is 29.7. The number of ether oxygens (including phenoxy) is 3. The maximum absolute atomic E-state index is 13.4. The van der Waals surface area contributed by atoms with Crippen molar-refractivity contribution < 1.29 is 58.9 Å². The Morgan fingerprint density at radius 2 is 1.82 bits per heavy atom. The summed E-state index contributed by atoms with van der Waals surface area (Å²) >= 11 is 0. The minimum absolute atomic E-state index is 0.0331. The van der Waals surface area contributed by atoms with E-state index >= 15 is 0 Å². The van der Waals surface area contributed by atoms with E-state index in [2.05, 4.69) is 0 Å². The summed E-state index contributed by atoms with van der Waals surface area (Å²) in [6, 6.07) is 1.10. The number of carboxylic acids is 1. The highest BCUT2D eigenvalue weighted by atomic mass is 16.7. The predicted octanol–water partition coefficient (Wildman–Crippen LogP) is 0.0445. The van der Waals surface area contributed by atoms with Crippen molar-refractivity contribution in [1.82, 2.24) is 0 Å². The average Bonchev–Trinajstić information content (AvgIpc) is 2.84. The molecule has 7 atom stereocenters. The molecule has 4 rings (SSSR count). The van der Waals surface area contributed by atoms with Crippen LogP contribution in [-0.4, -0.2) is 90.9 Å². The molecule has 2 aromatic rings. The van der Waals surface area contributed by atoms with Gasteiger partial charge in [-0.05, 0) is 39.2 Å². The maximum Gasteiger partial charge on any atom is 0.336 e. The summed E-state index contributed by atoms with van der Waals surface area (Å²) in [5.74, 6) is -2.25. The van der Waals surface area contributed by atoms with Crippen LogP contribution >= 0.6 is 0 Å². The van der Waals surface area contributed by atoms with E-state index in [-0.39, 0.29) is 58.4 Å². The number of hydrogen-bond acceptors (Lipinski definition) is 12. The molecule has 0 spiro atoms. The van der Waals surface area contributed by atoms with E-state index < -0.39 is 65.9 Å². The van der Waals surface area contributed by atoms with Gasteiger partial charge in [-0.2, -0.15) is 0 Å². The lowest BCUT2D eigenvalue weighted by Crippen LogP contribution is -2.61. The molecular formula is C27H34O13. The second-order valence-electron chi connectivity index (χ2n) is 10.8. The van der Waals surface area contributed by atoms with Crippen LogP contribution in [0.3, 0.4) is 0 Å². The van der Waals surface area contributed by atoms with Crippen molar-refractivity contribution in [3.8, 4) is 11.5 Å². The lowest BCUT2D eigenvalue weighted by atomic mass is 9.85. The first-order chi connectivity index (χ1) is 18.7. The van der Waals surface area contributed by atoms with Gasteiger partial charge in [-0.25, -0.2) is 9.59 Å². The number of benzene rings is 1. The zero-order valence-electron chi connectivity index (χ0n) is 22.5. The van der Waals surface area contributed by atoms with E-state index in [9.17, 15) is 45.0 Å². The number of aliphatic hydroxyl groups is 5. The summed E-state index contributed by atoms with van der Waals surface area (Å²) in [5, 5.41) is 61.7. The van der Waals surface area contributed by atoms with Crippen molar-refractivity contribution in [3.63, 3.8) is 0 Å². The van der Waals surface area contributed by atoms with Gasteiger partial charge in [-0.3, -0.25) is 4.79 Å². The molecule has 13 nitrogen and oxygen atoms in total. The van der Waals surface area contributed by atoms with Crippen molar-refractivity contribution in [2.45, 2.75) is 102 Å². The second-order valence-corrected chi connectivity index (χ2v) is 10.8. The summed E-state index contributed by atoms with van der Waals surface area (Å²) in [7, 11) is 0. The number of aliphatic hydroxyl groups excluding tert-OH is 5. The van der Waals surface area contributed by atoms with Crippen molar-refractivity contribution >= 4 is 22.7 Å². The smallest absolute Gasteiger partial charge is 0.336 e. The lowest BCUT2D eigenvalue weighted by Gasteiger charge is -2.41. The first-order valence-corrected chi connectivity index (χ1v) is 13.0. The SMILES string of the molecule is CCCC(=O)c1c2c(c(OC3OC(C(=O)O)C(O)C(O)C3O)c3c(CC(C)O)cc(=O)oc13)CC(O)C(C)(C)O2. The highest BCUT2D eigenvalue weighted by Crippen LogP contribution is 2.48. The topological polar surface area (TPSA) is 213 Å². The van der Waals surface area contributed by atoms with E-state index in [4.69, 9.17) is 18.6 Å². The van der Waals surface area contributed by atoms with Crippen LogP contribution in [0.1, 0.15) is 62.0 Å². The first kappa shape index (κ1) is 29.9. The molecule has 2 aliphatic heterocycles. The summed E-state index contributed by atoms with van der Waals surface area (Å²) in [5.41, 5.74) is -1.96. The van der Waals surface area contributed by atoms with Crippen molar-refractivity contribution in [1.29, 1.82) is 0 Å². The summed E-state index contributed by atoms with van der Waals surface area (Å²) < 4.78 is 23.0. The minimum atomic E-state index is -1.97. The van der Waals surface area contributed by atoms with Gasteiger partial charge in [-0.1, -0.05) is 6.92 Å². The fourth-order valence-corrected chi connectivity index (χ4v) is 5.02. The van der Waals surface area contributed by atoms with E-state index in [1.54, 1.807) is 20.8 Å². The fourth-order valence-electron chi connectivity index (χ4n) is 5.02. The number of rotatable bonds is 8. The molecule has 0 bridgehead atoms. The van der Waals surface area contributed by atoms with Gasteiger partial charge in [0.25, 0.3) is 0 Å². The number of fused-ring (bicyclic) bond motifs is 2. The molecule has 0 saturated carbocycles. The third-order valence-electron chi connectivity index (χ3n) is 7.16. The Labute approximate surface area is 228 Å². The van der Waals surface area contributed by atoms with E-state index in [1.807, 2.05) is 0 Å². The highest BCUT2D eigenvalue weighted by Gasteiger charge is 2.49. The molecule has 1 saturated heterocycles. The van der Waals surface area contributed by atoms with E-state index in [0.717, 1.165) is 6.07 Å². The molecule has 6 N–H and O–H groups in total. The Hall–Kier alpha value is -3.07. The quantitative estimate of drug-likeness (QED) is 0.184. The maximum atomic E-state index is 13.4. The number of hydrogen-bond donors (Lipinski definition) is 6. The average molecular weight is 567 g/mol. The van der Waals surface area contributed by atoms with Crippen LogP contribution in [0.15, 0.2) is 15.3 Å². The van der Waals surface area contributed by atoms with Gasteiger partial charge in [0.05, 0.1) is 17.6 Å². The van der Waals surface area contributed by atoms with Crippen LogP contribution in [0.5, 0.6) is 11.5 Å². The summed E-state index contributed by atoms with van der Waals surface area (Å²) in [4.78, 5) is 37.7. The van der Waals surface area contributed by atoms with E-state index in [0.29, 0.717) is 6.42 Å². The Morgan fingerprint density at radius 1 is 1.15 bits per heavy atom. The van der Waals surface area contributed by atoms with Crippen LogP contribution in [-0.2, 0) is 22.4 Å². The Kier molecular flexibility index (Phi) is 8.28. The molecule has 7 unspecified atom stereocenters. The van der Waals surface area contributed by atoms with Gasteiger partial charge in [0, 0.05) is 24.5 Å². The van der Waals surface area contributed by atoms with Crippen molar-refractivity contribution in [3.05, 3.63) is 33.2 Å². The van der Waals surface area contributed by atoms with Gasteiger partial charge in [0.1, 0.15) is 41.0 Å². The predicted molar refractivity (Wildman–Crippen MR) is 136 cm³/mol. The lowest BCUT2D eigenvalue weighted by molar-refractivity contribution is -0.271. The normalized spacial score (nSPS) is 28.4. The van der Waals surface area contributed by atoms with Gasteiger partial charge >= 0.3 is 11.6 Å². The molecule has 1 aromatic carbocycles. The third-order valence-corrected chi connectivity index (χ3v) is 7.16. The molecule has 2 aliphatic rings. The molecule has 13 heteroatoms. The van der Waals surface area contributed by atoms with Crippen LogP contribution in [0.4, 0.5) is 0 Å². The minimum Gasteiger partial charge on any atom is -0.484 e. The summed E-state index contributed by atoms with van der Waals surface area (Å²) in [6.45, 7) is 6.46. The van der Waals surface area contributed by atoms with Crippen LogP contribution in [0, 0.1) is 0 Å². The van der Waals surface area contributed by atoms with Crippen molar-refractivity contribution in [2.75, 3.05) is 0 Å². The summed E-state index contributed by atoms with van der Waals surface area (Å²) in [6.07, 6.45) is -11.5. The molecule has 40 heavy (non-hydrogen) atoms. The zero-order valence-corrected chi connectivity index (χ0v) is 22.5. The number of carbonyl (C=O) groups excluding carboxylic acids is 1. The Bertz CT molecular complexity index is 1360. The Morgan fingerprint density at radius 3 is 2.42 bits per heavy atom. The molecule has 1 aromatic heterocycles. The van der Waals surface area contributed by atoms with Gasteiger partial charge in [0.15, 0.2) is 17.5 Å². The molecule has 0 amide bonds. The molecule has 1 fully saturated rings. The third kappa shape index (κ3) is 5.32. The number of Topliss-reactive ketones (excluding diaryl/α,β-unsaturated/α-hetero) is 1. The molecule has 0 radical (unpaired) electrons. The number of aliphatic carboxylic acids is 1. The standard InChI is InChI=1S/C27H34O13/c1-5-6-13(29)17-22-12(9-14(30)27(3,4)40-22)21(16-11(7-10(2)28)8-15(31)37-23(16)17)38-26-20(34)18(32)19(33)24(39-26)25(35)36/h8,10,14,18-20,24,26,28,30,32-34H,5-7,9H2,1-4H3,(H,35,36). The fraction of sp³-hybridized carbons (Fsp3) is 0.593. The van der Waals surface area contributed by atoms with Gasteiger partial charge in [-0.15, -0.1) is 0 Å². The first-order valence-electron chi connectivity index (χ1n) is 13.0. The number of carboxylic acid groups (broad SMARTS) is 1. The van der Waals surface area contributed by atoms with Crippen molar-refractivity contribution in [2.24, 2.45) is 0 Å². The highest BCUT2D eigenvalue weighted by molar-refractivity contribution is 6.11. The Balaban J connectivity index is 2.05. The monoisotopic (exact) mass is 566 g/mol. The van der Waals surface area contributed by atoms with Crippen LogP contribution < -0.4 is 15.1 Å². The van der Waals surface area contributed by atoms with Crippen LogP contribution in [0.2, 0.25) is 0 Å². The number of ketones is 1. The molecular weight excluding hydrogens is 532 g/mol. The largest absolute Gasteiger partial charge is 0.484 e.